The summed E-state index contributed by atoms with van der Waals surface area (Å²) in [5, 5.41) is 51.1. The Kier molecular flexibility index (Phi) is 17.4. The number of aromatic hydroxyl groups is 1. The Morgan fingerprint density at radius 3 is 1.79 bits per heavy atom. The first kappa shape index (κ1) is 51.1. The van der Waals surface area contributed by atoms with Crippen molar-refractivity contribution in [1.82, 2.24) is 0 Å². The van der Waals surface area contributed by atoms with Crippen molar-refractivity contribution in [1.29, 1.82) is 0 Å². The normalized spacial score (nSPS) is 12.8. The molecule has 27 nitrogen and oxygen atoms in total. The van der Waals surface area contributed by atoms with Crippen LogP contribution in [0.2, 0.25) is 0 Å². The largest absolute Gasteiger partial charge is 0.505 e. The number of azo groups is 2. The summed E-state index contributed by atoms with van der Waals surface area (Å²) in [5.41, 5.74) is 4.14. The van der Waals surface area contributed by atoms with Crippen LogP contribution >= 0.6 is 24.4 Å². The van der Waals surface area contributed by atoms with Gasteiger partial charge in [0.15, 0.2) is 37.7 Å². The lowest BCUT2D eigenvalue weighted by atomic mass is 10.1. The Hall–Kier alpha value is -4.56. The van der Waals surface area contributed by atoms with E-state index in [2.05, 4.69) is 43.4 Å². The summed E-state index contributed by atoms with van der Waals surface area (Å²) in [6.45, 7) is -0.0346. The van der Waals surface area contributed by atoms with Gasteiger partial charge in [0.05, 0.1) is 79.0 Å². The van der Waals surface area contributed by atoms with Crippen LogP contribution in [0.15, 0.2) is 76.4 Å². The topological polar surface area (TPSA) is 396 Å². The van der Waals surface area contributed by atoms with E-state index in [9.17, 15) is 43.3 Å². The van der Waals surface area contributed by atoms with E-state index < -0.39 is 92.6 Å². The molecule has 0 amide bonds. The maximum atomic E-state index is 13.1. The molecule has 4 aromatic carbocycles. The Labute approximate surface area is 365 Å². The summed E-state index contributed by atoms with van der Waals surface area (Å²) in [6, 6.07) is 6.28. The number of phenolic OH excluding ortho intramolecular Hbond substituents is 1. The predicted octanol–water partition coefficient (Wildman–Crippen LogP) is 5.34. The van der Waals surface area contributed by atoms with E-state index >= 15 is 0 Å². The summed E-state index contributed by atoms with van der Waals surface area (Å²) < 4.78 is 152. The molecule has 33 heteroatoms. The van der Waals surface area contributed by atoms with Crippen LogP contribution in [-0.2, 0) is 67.3 Å². The predicted molar refractivity (Wildman–Crippen MR) is 216 cm³/mol. The zero-order chi connectivity index (χ0) is 46.9. The second kappa shape index (κ2) is 21.4. The van der Waals surface area contributed by atoms with Gasteiger partial charge in [0, 0.05) is 18.2 Å². The zero-order valence-corrected chi connectivity index (χ0v) is 37.2. The fraction of sp³-hybridized carbons (Fsp3) is 0.267. The number of nitrogens with zero attached hydrogens (tertiary/aromatic N) is 4. The maximum Gasteiger partial charge on any atom is 0.397 e. The van der Waals surface area contributed by atoms with Crippen molar-refractivity contribution in [2.24, 2.45) is 20.5 Å². The van der Waals surface area contributed by atoms with E-state index in [1.54, 1.807) is 0 Å². The van der Waals surface area contributed by atoms with Gasteiger partial charge in [-0.2, -0.15) is 16.8 Å². The summed E-state index contributed by atoms with van der Waals surface area (Å²) in [4.78, 5) is -1.91. The van der Waals surface area contributed by atoms with Crippen LogP contribution < -0.4 is 19.9 Å². The van der Waals surface area contributed by atoms with Crippen LogP contribution in [0, 0.1) is 6.92 Å². The third-order valence-electron chi connectivity index (χ3n) is 8.00. The smallest absolute Gasteiger partial charge is 0.397 e. The van der Waals surface area contributed by atoms with Crippen molar-refractivity contribution in [2.75, 3.05) is 51.8 Å². The summed E-state index contributed by atoms with van der Waals surface area (Å²) >= 11 is 0.390. The molecule has 0 saturated carbocycles. The van der Waals surface area contributed by atoms with Gasteiger partial charge in [-0.1, -0.05) is 10.1 Å². The van der Waals surface area contributed by atoms with E-state index in [1.807, 2.05) is 0 Å². The monoisotopic (exact) mass is 1010 g/mol. The molecule has 0 radical (unpaired) electrons. The third-order valence-corrected chi connectivity index (χ3v) is 13.8. The average Bonchev–Trinajstić information content (AvgIpc) is 3.20. The molecule has 0 spiro atoms. The number of ether oxygens (including phenoxy) is 3. The molecule has 0 fully saturated rings. The van der Waals surface area contributed by atoms with Crippen molar-refractivity contribution < 1.29 is 99.7 Å². The Balaban J connectivity index is 1.87. The van der Waals surface area contributed by atoms with Crippen molar-refractivity contribution in [3.63, 3.8) is 0 Å². The molecule has 0 atom stereocenters. The molecule has 346 valence electrons. The van der Waals surface area contributed by atoms with Gasteiger partial charge in [-0.05, 0) is 36.1 Å². The minimum absolute atomic E-state index is 0.0147. The number of benzene rings is 4. The number of hydrogen-bond acceptors (Lipinski definition) is 27. The Morgan fingerprint density at radius 2 is 1.22 bits per heavy atom. The van der Waals surface area contributed by atoms with Crippen LogP contribution in [0.1, 0.15) is 5.56 Å². The highest BCUT2D eigenvalue weighted by Gasteiger charge is 2.28. The van der Waals surface area contributed by atoms with Gasteiger partial charge in [0.2, 0.25) is 0 Å². The van der Waals surface area contributed by atoms with Gasteiger partial charge in [0.1, 0.15) is 49.8 Å². The minimum Gasteiger partial charge on any atom is -0.505 e. The number of anilines is 1. The summed E-state index contributed by atoms with van der Waals surface area (Å²) in [7, 11) is -15.1. The lowest BCUT2D eigenvalue weighted by molar-refractivity contribution is -0.434. The first-order chi connectivity index (χ1) is 29.5. The lowest BCUT2D eigenvalue weighted by Crippen LogP contribution is -2.16. The molecule has 7 N–H and O–H groups in total. The molecule has 0 aromatic heterocycles. The second-order valence-electron chi connectivity index (χ2n) is 11.8. The second-order valence-corrected chi connectivity index (χ2v) is 19.7. The van der Waals surface area contributed by atoms with Gasteiger partial charge in [-0.3, -0.25) is 13.3 Å². The minimum atomic E-state index is -5.20. The molecule has 4 aromatic rings. The lowest BCUT2D eigenvalue weighted by Gasteiger charge is -2.15. The van der Waals surface area contributed by atoms with Crippen LogP contribution in [0.5, 0.6) is 23.0 Å². The molecule has 4 rings (SSSR count). The van der Waals surface area contributed by atoms with E-state index in [1.165, 1.54) is 14.0 Å². The summed E-state index contributed by atoms with van der Waals surface area (Å²) in [5.74, 6) is -3.02. The van der Waals surface area contributed by atoms with Crippen LogP contribution in [0.3, 0.4) is 0 Å². The average molecular weight is 1010 g/mol. The van der Waals surface area contributed by atoms with Crippen molar-refractivity contribution >= 4 is 104 Å². The van der Waals surface area contributed by atoms with Gasteiger partial charge in [0.25, 0.3) is 10.1 Å². The number of aryl methyl sites for hydroxylation is 1. The first-order valence-electron chi connectivity index (χ1n) is 16.4. The highest BCUT2D eigenvalue weighted by molar-refractivity contribution is 7.94. The quantitative estimate of drug-likeness (QED) is 0.0104. The van der Waals surface area contributed by atoms with Gasteiger partial charge in [-0.15, -0.1) is 29.1 Å². The first-order valence-corrected chi connectivity index (χ1v) is 23.9. The number of sulfone groups is 2. The summed E-state index contributed by atoms with van der Waals surface area (Å²) in [6.07, 6.45) is 0. The number of nitrogens with two attached hydrogens (primary N) is 1. The van der Waals surface area contributed by atoms with Crippen LogP contribution in [0.4, 0.5) is 28.4 Å². The standard InChI is InChI=1S/C30H33N5O22S6/c1-15-9-17(19(49-2)13-23(15)60(39,40)8-6-53-63(46,47)48)32-35-29-25(62(43,44)45)11-16-10-22(58-56-54-37)28(30(36)26(16)27(29)31)34-33-18-12-21(51-4)24(14-20(18)50-3)61(41,42)7-5-52-59-57-55-38/h9-14,36-38H,5-8,31H2,1-4H3,(H,43,44,45)(H,46,47,48)/b34-33+,35-32+. The van der Waals surface area contributed by atoms with Gasteiger partial charge >= 0.3 is 10.4 Å². The highest BCUT2D eigenvalue weighted by Crippen LogP contribution is 2.50. The number of fused-ring (bicyclic) bond motifs is 1. The number of rotatable bonds is 23. The van der Waals surface area contributed by atoms with E-state index in [0.717, 1.165) is 50.6 Å². The van der Waals surface area contributed by atoms with Crippen molar-refractivity contribution in [2.45, 2.75) is 26.5 Å². The molecule has 0 aliphatic rings. The fourth-order valence-corrected chi connectivity index (χ4v) is 9.82. The Morgan fingerprint density at radius 1 is 0.667 bits per heavy atom. The molecule has 0 bridgehead atoms. The number of phenols is 1. The van der Waals surface area contributed by atoms with Crippen LogP contribution in [-0.4, -0.2) is 104 Å². The van der Waals surface area contributed by atoms with Gasteiger partial charge in [-0.25, -0.2) is 31.5 Å². The number of hydrogen-bond donors (Lipinski definition) is 6. The van der Waals surface area contributed by atoms with E-state index in [0.29, 0.717) is 0 Å². The zero-order valence-electron chi connectivity index (χ0n) is 32.3. The molecule has 0 aliphatic heterocycles. The Bertz CT molecular complexity index is 2860. The van der Waals surface area contributed by atoms with E-state index in [4.69, 9.17) is 39.2 Å². The fourth-order valence-electron chi connectivity index (χ4n) is 5.32. The van der Waals surface area contributed by atoms with Gasteiger partial charge < -0.3 is 25.1 Å². The maximum absolute atomic E-state index is 13.1. The molecule has 0 heterocycles. The molecule has 63 heavy (non-hydrogen) atoms. The molecular formula is C30H33N5O22S6. The van der Waals surface area contributed by atoms with Crippen molar-refractivity contribution in [3.05, 3.63) is 42.0 Å². The number of nitrogen functional groups attached to an aromatic ring is 1. The van der Waals surface area contributed by atoms with Crippen LogP contribution in [0.25, 0.3) is 10.8 Å². The highest BCUT2D eigenvalue weighted by atomic mass is 32.3. The molecular weight excluding hydrogens is 975 g/mol. The molecule has 0 aliphatic carbocycles. The third kappa shape index (κ3) is 12.8. The van der Waals surface area contributed by atoms with Crippen molar-refractivity contribution in [3.8, 4) is 23.0 Å². The molecule has 0 unspecified atom stereocenters. The SMILES string of the molecule is COc1cc(S(=O)(=O)CCOS(=O)(=O)O)c(C)cc1/N=N/c1c(S(=O)(=O)O)cc2cc(SOOO)c(/N=N/c3cc(OC)c(S(=O)(=O)CCOSOOO)cc3OC)c(O)c2c1N. The number of methoxy groups -OCH3 is 3. The van der Waals surface area contributed by atoms with E-state index in [-0.39, 0.29) is 84.0 Å². The molecule has 0 saturated heterocycles.